The average molecular weight is 400 g/mol. The van der Waals surface area contributed by atoms with Crippen LogP contribution >= 0.6 is 0 Å². The number of imide groups is 2. The molecule has 0 saturated carbocycles. The molecule has 2 rings (SSSR count). The Balaban J connectivity index is 0.00000420. The average Bonchev–Trinajstić information content (AvgIpc) is 3.11. The molecule has 0 radical (unpaired) electrons. The molecule has 0 aromatic heterocycles. The molecule has 11 nitrogen and oxygen atoms in total. The minimum atomic E-state index is -1.20. The Morgan fingerprint density at radius 2 is 1.36 bits per heavy atom. The molecule has 156 valence electrons. The Labute approximate surface area is 162 Å². The van der Waals surface area contributed by atoms with Crippen LogP contribution in [-0.4, -0.2) is 58.9 Å². The largest absolute Gasteiger partial charge is 0.379 e. The molecular weight excluding hydrogens is 376 g/mol. The second kappa shape index (κ2) is 8.46. The summed E-state index contributed by atoms with van der Waals surface area (Å²) < 4.78 is 5.36. The minimum absolute atomic E-state index is 0. The molecule has 11 heteroatoms. The van der Waals surface area contributed by atoms with Gasteiger partial charge in [0.2, 0.25) is 0 Å². The molecule has 1 unspecified atom stereocenters. The molecule has 0 spiro atoms. The van der Waals surface area contributed by atoms with Crippen molar-refractivity contribution in [3.05, 3.63) is 0 Å². The highest BCUT2D eigenvalue weighted by atomic mass is 16.7. The fourth-order valence-electron chi connectivity index (χ4n) is 2.32. The molecule has 1 atom stereocenters. The SMILES string of the molecule is CC(COCC(C)(C)C(=O)ON1C(=O)CCC1=O)C(=O)ON1C(=O)CCC1=O.[HH]. The standard InChI is InChI=1S/C17H22N2O9.H2/c1-10(15(24)27-18-11(20)4-5-12(18)21)8-26-9-17(2,3)16(25)28-19-13(22)6-7-14(19)23;/h10H,4-9H2,1-3H3;1H. The van der Waals surface area contributed by atoms with Gasteiger partial charge in [-0.2, -0.15) is 0 Å². The van der Waals surface area contributed by atoms with Gasteiger partial charge in [0.15, 0.2) is 0 Å². The molecule has 2 aliphatic rings. The number of carbonyl (C=O) groups is 6. The number of rotatable bonds is 8. The number of hydrogen-bond donors (Lipinski definition) is 0. The van der Waals surface area contributed by atoms with Crippen LogP contribution in [0.4, 0.5) is 0 Å². The second-order valence-corrected chi connectivity index (χ2v) is 7.25. The van der Waals surface area contributed by atoms with Crippen LogP contribution in [0.25, 0.3) is 0 Å². The van der Waals surface area contributed by atoms with E-state index in [1.54, 1.807) is 0 Å². The summed E-state index contributed by atoms with van der Waals surface area (Å²) in [6.07, 6.45) is -0.0278. The van der Waals surface area contributed by atoms with E-state index in [2.05, 4.69) is 0 Å². The third-order valence-corrected chi connectivity index (χ3v) is 4.15. The van der Waals surface area contributed by atoms with Crippen molar-refractivity contribution in [2.45, 2.75) is 46.5 Å². The smallest absolute Gasteiger partial charge is 0.341 e. The quantitative estimate of drug-likeness (QED) is 0.520. The van der Waals surface area contributed by atoms with E-state index >= 15 is 0 Å². The third kappa shape index (κ3) is 4.91. The van der Waals surface area contributed by atoms with Gasteiger partial charge in [0.05, 0.1) is 24.5 Å². The highest BCUT2D eigenvalue weighted by Gasteiger charge is 2.39. The first-order valence-corrected chi connectivity index (χ1v) is 8.76. The van der Waals surface area contributed by atoms with Crippen LogP contribution in [0.2, 0.25) is 0 Å². The Hall–Kier alpha value is -2.82. The molecule has 4 amide bonds. The molecule has 0 N–H and O–H groups in total. The summed E-state index contributed by atoms with van der Waals surface area (Å²) in [4.78, 5) is 79.7. The predicted molar refractivity (Wildman–Crippen MR) is 90.2 cm³/mol. The van der Waals surface area contributed by atoms with Gasteiger partial charge in [0.1, 0.15) is 0 Å². The number of nitrogens with zero attached hydrogens (tertiary/aromatic N) is 2. The first kappa shape index (κ1) is 21.5. The lowest BCUT2D eigenvalue weighted by Crippen LogP contribution is -2.40. The summed E-state index contributed by atoms with van der Waals surface area (Å²) in [5.41, 5.74) is -1.20. The van der Waals surface area contributed by atoms with Crippen LogP contribution in [0, 0.1) is 11.3 Å². The lowest BCUT2D eigenvalue weighted by atomic mass is 9.95. The van der Waals surface area contributed by atoms with Gasteiger partial charge in [0.25, 0.3) is 23.6 Å². The number of carbonyl (C=O) groups excluding carboxylic acids is 6. The summed E-state index contributed by atoms with van der Waals surface area (Å²) in [5, 5.41) is 0.901. The van der Waals surface area contributed by atoms with Crippen LogP contribution in [0.1, 0.15) is 47.9 Å². The summed E-state index contributed by atoms with van der Waals surface area (Å²) in [5.74, 6) is -4.80. The Morgan fingerprint density at radius 1 is 0.929 bits per heavy atom. The van der Waals surface area contributed by atoms with Gasteiger partial charge >= 0.3 is 11.9 Å². The van der Waals surface area contributed by atoms with Gasteiger partial charge < -0.3 is 14.4 Å². The molecule has 28 heavy (non-hydrogen) atoms. The number of hydrogen-bond acceptors (Lipinski definition) is 9. The maximum atomic E-state index is 12.2. The Bertz CT molecular complexity index is 690. The molecule has 2 fully saturated rings. The van der Waals surface area contributed by atoms with Crippen molar-refractivity contribution in [1.82, 2.24) is 10.1 Å². The maximum absolute atomic E-state index is 12.2. The van der Waals surface area contributed by atoms with E-state index in [4.69, 9.17) is 14.4 Å². The highest BCUT2D eigenvalue weighted by molar-refractivity contribution is 6.02. The van der Waals surface area contributed by atoms with Gasteiger partial charge in [0, 0.05) is 27.1 Å². The van der Waals surface area contributed by atoms with E-state index in [1.807, 2.05) is 0 Å². The number of ether oxygens (including phenoxy) is 1. The fourth-order valence-corrected chi connectivity index (χ4v) is 2.32. The van der Waals surface area contributed by atoms with Gasteiger partial charge in [-0.1, -0.05) is 0 Å². The highest BCUT2D eigenvalue weighted by Crippen LogP contribution is 2.22. The van der Waals surface area contributed by atoms with Crippen LogP contribution < -0.4 is 0 Å². The van der Waals surface area contributed by atoms with Crippen molar-refractivity contribution in [3.63, 3.8) is 0 Å². The van der Waals surface area contributed by atoms with Gasteiger partial charge in [-0.25, -0.2) is 9.59 Å². The Kier molecular flexibility index (Phi) is 6.49. The van der Waals surface area contributed by atoms with Crippen molar-refractivity contribution < 1.29 is 44.6 Å². The van der Waals surface area contributed by atoms with Crippen LogP contribution in [-0.2, 0) is 43.2 Å². The Morgan fingerprint density at radius 3 is 1.82 bits per heavy atom. The van der Waals surface area contributed by atoms with E-state index < -0.39 is 46.9 Å². The molecule has 2 aliphatic heterocycles. The lowest BCUT2D eigenvalue weighted by molar-refractivity contribution is -0.207. The maximum Gasteiger partial charge on any atom is 0.341 e. The molecule has 0 aromatic rings. The van der Waals surface area contributed by atoms with Crippen LogP contribution in [0.3, 0.4) is 0 Å². The molecule has 0 aromatic carbocycles. The van der Waals surface area contributed by atoms with E-state index in [9.17, 15) is 28.8 Å². The molecule has 0 bridgehead atoms. The van der Waals surface area contributed by atoms with Crippen LogP contribution in [0.5, 0.6) is 0 Å². The van der Waals surface area contributed by atoms with E-state index in [1.165, 1.54) is 20.8 Å². The van der Waals surface area contributed by atoms with Crippen molar-refractivity contribution in [2.75, 3.05) is 13.2 Å². The molecule has 0 aliphatic carbocycles. The van der Waals surface area contributed by atoms with Crippen molar-refractivity contribution in [1.29, 1.82) is 0 Å². The fraction of sp³-hybridized carbons (Fsp3) is 0.647. The van der Waals surface area contributed by atoms with Crippen LogP contribution in [0.15, 0.2) is 0 Å². The molecule has 2 saturated heterocycles. The van der Waals surface area contributed by atoms with Gasteiger partial charge in [-0.3, -0.25) is 19.2 Å². The summed E-state index contributed by atoms with van der Waals surface area (Å²) in [6, 6.07) is 0. The monoisotopic (exact) mass is 400 g/mol. The molecular formula is C17H24N2O9. The van der Waals surface area contributed by atoms with Crippen molar-refractivity contribution in [2.24, 2.45) is 11.3 Å². The van der Waals surface area contributed by atoms with Gasteiger partial charge in [-0.05, 0) is 20.8 Å². The first-order valence-electron chi connectivity index (χ1n) is 8.76. The summed E-state index contributed by atoms with van der Waals surface area (Å²) in [6.45, 7) is 4.14. The number of amides is 4. The van der Waals surface area contributed by atoms with Crippen molar-refractivity contribution in [3.8, 4) is 0 Å². The molecule has 2 heterocycles. The van der Waals surface area contributed by atoms with E-state index in [-0.39, 0.29) is 40.3 Å². The number of hydroxylamine groups is 4. The zero-order chi connectivity index (χ0) is 21.1. The van der Waals surface area contributed by atoms with Crippen molar-refractivity contribution >= 4 is 35.6 Å². The topological polar surface area (TPSA) is 137 Å². The minimum Gasteiger partial charge on any atom is -0.379 e. The van der Waals surface area contributed by atoms with Gasteiger partial charge in [-0.15, -0.1) is 10.1 Å². The third-order valence-electron chi connectivity index (χ3n) is 4.15. The normalized spacial score (nSPS) is 18.7. The van der Waals surface area contributed by atoms with E-state index in [0.717, 1.165) is 0 Å². The zero-order valence-electron chi connectivity index (χ0n) is 15.9. The summed E-state index contributed by atoms with van der Waals surface area (Å²) >= 11 is 0. The zero-order valence-corrected chi connectivity index (χ0v) is 15.9. The van der Waals surface area contributed by atoms with E-state index in [0.29, 0.717) is 10.1 Å². The lowest BCUT2D eigenvalue weighted by Gasteiger charge is -2.25. The predicted octanol–water partition coefficient (Wildman–Crippen LogP) is 0.126. The summed E-state index contributed by atoms with van der Waals surface area (Å²) in [7, 11) is 0. The second-order valence-electron chi connectivity index (χ2n) is 7.25. The first-order chi connectivity index (χ1) is 13.0.